The Balaban J connectivity index is 0. The Morgan fingerprint density at radius 2 is 0.797 bits per heavy atom. The van der Waals surface area contributed by atoms with E-state index in [9.17, 15) is 9.59 Å². The molecule has 0 saturated heterocycles. The second-order valence-electron chi connectivity index (χ2n) is 22.0. The molecule has 64 heavy (non-hydrogen) atoms. The van der Waals surface area contributed by atoms with Crippen LogP contribution in [0.25, 0.3) is 0 Å². The third kappa shape index (κ3) is 44.7. The topological polar surface area (TPSA) is 65.1 Å². The first kappa shape index (κ1) is 64.9. The molecule has 0 radical (unpaired) electrons. The number of nitrogens with zero attached hydrogens (tertiary/aromatic N) is 1. The van der Waals surface area contributed by atoms with Gasteiger partial charge in [-0.2, -0.15) is 0 Å². The van der Waals surface area contributed by atoms with Crippen LogP contribution in [0.3, 0.4) is 0 Å². The Labute approximate surface area is 402 Å². The van der Waals surface area contributed by atoms with Crippen LogP contribution in [-0.2, 0) is 23.8 Å². The monoisotopic (exact) mass is 908 g/mol. The van der Waals surface area contributed by atoms with Crippen molar-refractivity contribution in [2.45, 2.75) is 294 Å². The molecule has 0 spiro atoms. The van der Waals surface area contributed by atoms with Gasteiger partial charge in [0.25, 0.3) is 0 Å². The summed E-state index contributed by atoms with van der Waals surface area (Å²) in [5, 5.41) is 0. The molecule has 5 atom stereocenters. The number of esters is 2. The first-order valence-electron chi connectivity index (χ1n) is 28.2. The summed E-state index contributed by atoms with van der Waals surface area (Å²) in [6.45, 7) is 29.6. The minimum Gasteiger partial charge on any atom is -0.466 e. The van der Waals surface area contributed by atoms with Crippen LogP contribution >= 0.6 is 0 Å². The van der Waals surface area contributed by atoms with Crippen LogP contribution in [0, 0.1) is 35.5 Å². The van der Waals surface area contributed by atoms with E-state index in [1.165, 1.54) is 109 Å². The van der Waals surface area contributed by atoms with Gasteiger partial charge in [0.15, 0.2) is 0 Å². The van der Waals surface area contributed by atoms with Crippen molar-refractivity contribution in [3.05, 3.63) is 0 Å². The molecule has 0 aliphatic rings. The highest BCUT2D eigenvalue weighted by atomic mass is 16.5. The normalized spacial score (nSPS) is 15.1. The van der Waals surface area contributed by atoms with Gasteiger partial charge in [-0.05, 0) is 121 Å². The minimum absolute atomic E-state index is 0.0180. The Morgan fingerprint density at radius 1 is 0.453 bits per heavy atom. The summed E-state index contributed by atoms with van der Waals surface area (Å²) in [4.78, 5) is 27.1. The number of hydrogen-bond donors (Lipinski definition) is 0. The number of ether oxygens (including phenoxy) is 3. The smallest absolute Gasteiger partial charge is 0.305 e. The maximum absolute atomic E-state index is 12.4. The van der Waals surface area contributed by atoms with Crippen LogP contribution in [0.1, 0.15) is 282 Å². The summed E-state index contributed by atoms with van der Waals surface area (Å²) in [6, 6.07) is 0. The highest BCUT2D eigenvalue weighted by Gasteiger charge is 2.27. The quantitative estimate of drug-likeness (QED) is 0.0448. The third-order valence-corrected chi connectivity index (χ3v) is 13.7. The van der Waals surface area contributed by atoms with Crippen LogP contribution in [0.2, 0.25) is 0 Å². The van der Waals surface area contributed by atoms with Gasteiger partial charge in [-0.3, -0.25) is 9.59 Å². The summed E-state index contributed by atoms with van der Waals surface area (Å²) in [7, 11) is 4.30. The van der Waals surface area contributed by atoms with Crippen LogP contribution in [0.5, 0.6) is 0 Å². The first-order valence-corrected chi connectivity index (χ1v) is 28.2. The molecule has 0 saturated carbocycles. The van der Waals surface area contributed by atoms with Gasteiger partial charge in [0.05, 0.1) is 24.9 Å². The van der Waals surface area contributed by atoms with Crippen molar-refractivity contribution in [1.82, 2.24) is 4.90 Å². The number of rotatable bonds is 45. The van der Waals surface area contributed by atoms with Crippen LogP contribution in [-0.4, -0.2) is 62.4 Å². The average Bonchev–Trinajstić information content (AvgIpc) is 3.23. The maximum Gasteiger partial charge on any atom is 0.305 e. The van der Waals surface area contributed by atoms with Crippen molar-refractivity contribution in [2.75, 3.05) is 33.9 Å². The fourth-order valence-electron chi connectivity index (χ4n) is 9.07. The molecule has 6 heteroatoms. The number of carbonyl (C=O) groups excluding carboxylic acids is 2. The molecule has 0 aromatic heterocycles. The van der Waals surface area contributed by atoms with Gasteiger partial charge in [0.2, 0.25) is 0 Å². The predicted octanol–water partition coefficient (Wildman–Crippen LogP) is 17.8. The van der Waals surface area contributed by atoms with Gasteiger partial charge < -0.3 is 19.1 Å². The van der Waals surface area contributed by atoms with Gasteiger partial charge in [-0.1, -0.05) is 205 Å². The summed E-state index contributed by atoms with van der Waals surface area (Å²) in [5.41, 5.74) is -0.0991. The molecule has 0 bridgehead atoms. The number of unbranched alkanes of at least 4 members (excludes halogenated alkanes) is 8. The van der Waals surface area contributed by atoms with Gasteiger partial charge >= 0.3 is 11.9 Å². The maximum atomic E-state index is 12.4. The molecule has 5 unspecified atom stereocenters. The molecule has 0 heterocycles. The van der Waals surface area contributed by atoms with Crippen molar-refractivity contribution >= 4 is 11.9 Å². The van der Waals surface area contributed by atoms with E-state index < -0.39 is 0 Å². The minimum atomic E-state index is -0.0991. The lowest BCUT2D eigenvalue weighted by atomic mass is 9.90. The fourth-order valence-corrected chi connectivity index (χ4v) is 9.07. The average molecular weight is 909 g/mol. The highest BCUT2D eigenvalue weighted by molar-refractivity contribution is 5.69. The largest absolute Gasteiger partial charge is 0.466 e. The summed E-state index contributed by atoms with van der Waals surface area (Å²) in [5.74, 6) is 4.49. The zero-order valence-corrected chi connectivity index (χ0v) is 46.1. The van der Waals surface area contributed by atoms with Crippen molar-refractivity contribution < 1.29 is 23.8 Å². The van der Waals surface area contributed by atoms with Crippen LogP contribution in [0.4, 0.5) is 0 Å². The number of hydrogen-bond acceptors (Lipinski definition) is 6. The lowest BCUT2D eigenvalue weighted by molar-refractivity contribution is -0.145. The highest BCUT2D eigenvalue weighted by Crippen LogP contribution is 2.30. The molecule has 384 valence electrons. The Kier molecular flexibility index (Phi) is 45.0. The van der Waals surface area contributed by atoms with E-state index in [1.807, 2.05) is 13.8 Å². The zero-order chi connectivity index (χ0) is 48.4. The SMILES string of the molecule is CC.CCC(CCCN(C)C)OC(C)(CCCCCCCC(=O)OCCC(C)CCCC(C)CCCC(C)C)CCCCCCCC(=O)OCCC(C)CCCC(C)CCCC(C)C. The number of carbonyl (C=O) groups is 2. The Bertz CT molecular complexity index is 949. The van der Waals surface area contributed by atoms with Gasteiger partial charge in [0.1, 0.15) is 0 Å². The van der Waals surface area contributed by atoms with Gasteiger partial charge in [0, 0.05) is 12.8 Å². The molecule has 0 aromatic rings. The van der Waals surface area contributed by atoms with E-state index in [0.29, 0.717) is 44.0 Å². The summed E-state index contributed by atoms with van der Waals surface area (Å²) >= 11 is 0. The fraction of sp³-hybridized carbons (Fsp3) is 0.966. The van der Waals surface area contributed by atoms with Gasteiger partial charge in [-0.15, -0.1) is 0 Å². The summed E-state index contributed by atoms with van der Waals surface area (Å²) in [6.07, 6.45) is 35.8. The molecule has 0 aliphatic carbocycles. The van der Waals surface area contributed by atoms with E-state index in [0.717, 1.165) is 107 Å². The Hall–Kier alpha value is -1.14. The molecular weight excluding hydrogens is 791 g/mol. The molecule has 0 aliphatic heterocycles. The molecular formula is C58H117NO5. The zero-order valence-electron chi connectivity index (χ0n) is 46.1. The van der Waals surface area contributed by atoms with E-state index in [2.05, 4.69) is 88.2 Å². The lowest BCUT2D eigenvalue weighted by Gasteiger charge is -2.35. The second-order valence-corrected chi connectivity index (χ2v) is 22.0. The molecule has 0 rings (SSSR count). The van der Waals surface area contributed by atoms with E-state index in [1.54, 1.807) is 0 Å². The Morgan fingerprint density at radius 3 is 1.16 bits per heavy atom. The van der Waals surface area contributed by atoms with Crippen molar-refractivity contribution in [1.29, 1.82) is 0 Å². The molecule has 0 fully saturated rings. The van der Waals surface area contributed by atoms with E-state index >= 15 is 0 Å². The van der Waals surface area contributed by atoms with E-state index in [4.69, 9.17) is 14.2 Å². The molecule has 0 amide bonds. The van der Waals surface area contributed by atoms with Crippen molar-refractivity contribution in [3.8, 4) is 0 Å². The van der Waals surface area contributed by atoms with Crippen molar-refractivity contribution in [2.24, 2.45) is 35.5 Å². The lowest BCUT2D eigenvalue weighted by Crippen LogP contribution is -2.34. The van der Waals surface area contributed by atoms with E-state index in [-0.39, 0.29) is 17.5 Å². The molecule has 0 N–H and O–H groups in total. The molecule has 0 aromatic carbocycles. The standard InChI is InChI=1S/C56H111NO5.C2H6/c1-13-53(37-28-44-57(11)12)62-56(10,42-22-18-14-16-20-38-54(58)60-45-40-51(8)35-26-33-49(6)31-24-29-47(2)3)43-23-19-15-17-21-39-55(59)61-46-41-52(9)36-27-34-50(7)32-25-30-48(4)5;1-2/h47-53H,13-46H2,1-12H3;1-2H3. The third-order valence-electron chi connectivity index (χ3n) is 13.7. The molecule has 6 nitrogen and oxygen atoms in total. The summed E-state index contributed by atoms with van der Waals surface area (Å²) < 4.78 is 18.2. The van der Waals surface area contributed by atoms with Crippen LogP contribution in [0.15, 0.2) is 0 Å². The predicted molar refractivity (Wildman–Crippen MR) is 280 cm³/mol. The van der Waals surface area contributed by atoms with Crippen molar-refractivity contribution in [3.63, 3.8) is 0 Å². The van der Waals surface area contributed by atoms with Gasteiger partial charge in [-0.25, -0.2) is 0 Å². The first-order chi connectivity index (χ1) is 30.5. The second kappa shape index (κ2) is 44.4. The van der Waals surface area contributed by atoms with Crippen LogP contribution < -0.4 is 0 Å².